The van der Waals surface area contributed by atoms with Crippen molar-refractivity contribution in [2.75, 3.05) is 13.7 Å². The average molecular weight is 274 g/mol. The summed E-state index contributed by atoms with van der Waals surface area (Å²) in [5, 5.41) is 1.46. The molecule has 0 aliphatic carbocycles. The zero-order valence-electron chi connectivity index (χ0n) is 10.00. The monoisotopic (exact) mass is 273 g/mol. The number of carbonyl (C=O) groups excluding carboxylic acids is 2. The molecule has 0 saturated heterocycles. The summed E-state index contributed by atoms with van der Waals surface area (Å²) in [4.78, 5) is 22.6. The van der Waals surface area contributed by atoms with Crippen LogP contribution in [0.3, 0.4) is 0 Å². The van der Waals surface area contributed by atoms with Crippen molar-refractivity contribution in [2.24, 2.45) is 0 Å². The number of nitrogens with one attached hydrogen (secondary N) is 1. The van der Waals surface area contributed by atoms with Crippen LogP contribution in [0.1, 0.15) is 15.9 Å². The highest BCUT2D eigenvalue weighted by Crippen LogP contribution is 2.09. The molecular formula is C12H13ClFNO3. The fourth-order valence-corrected chi connectivity index (χ4v) is 1.40. The van der Waals surface area contributed by atoms with Crippen LogP contribution < -0.4 is 5.32 Å². The van der Waals surface area contributed by atoms with E-state index in [-0.39, 0.29) is 12.1 Å². The minimum atomic E-state index is -0.964. The Morgan fingerprint density at radius 2 is 2.17 bits per heavy atom. The van der Waals surface area contributed by atoms with Crippen LogP contribution in [0.2, 0.25) is 0 Å². The number of esters is 1. The number of hydrogen-bond donors (Lipinski definition) is 1. The van der Waals surface area contributed by atoms with Gasteiger partial charge in [-0.05, 0) is 24.6 Å². The van der Waals surface area contributed by atoms with E-state index in [0.717, 1.165) is 6.07 Å². The third-order valence-electron chi connectivity index (χ3n) is 2.33. The Bertz CT molecular complexity index is 465. The zero-order valence-corrected chi connectivity index (χ0v) is 10.8. The Labute approximate surface area is 109 Å². The van der Waals surface area contributed by atoms with Crippen molar-refractivity contribution >= 4 is 23.5 Å². The number of carbonyl (C=O) groups is 2. The number of rotatable bonds is 4. The highest BCUT2D eigenvalue weighted by molar-refractivity contribution is 6.30. The normalized spacial score (nSPS) is 11.8. The van der Waals surface area contributed by atoms with Crippen LogP contribution in [0.25, 0.3) is 0 Å². The molecule has 0 saturated carbocycles. The van der Waals surface area contributed by atoms with Gasteiger partial charge in [0.15, 0.2) is 0 Å². The second kappa shape index (κ2) is 6.35. The van der Waals surface area contributed by atoms with Crippen LogP contribution in [-0.2, 0) is 9.53 Å². The topological polar surface area (TPSA) is 55.4 Å². The largest absolute Gasteiger partial charge is 0.468 e. The third-order valence-corrected chi connectivity index (χ3v) is 2.67. The van der Waals surface area contributed by atoms with Gasteiger partial charge in [-0.1, -0.05) is 6.07 Å². The van der Waals surface area contributed by atoms with E-state index in [0.29, 0.717) is 5.56 Å². The third kappa shape index (κ3) is 3.70. The molecule has 18 heavy (non-hydrogen) atoms. The lowest BCUT2D eigenvalue weighted by atomic mass is 10.1. The van der Waals surface area contributed by atoms with Crippen LogP contribution in [0.5, 0.6) is 0 Å². The van der Waals surface area contributed by atoms with Gasteiger partial charge in [0.1, 0.15) is 11.2 Å². The molecule has 1 aromatic rings. The fourth-order valence-electron chi connectivity index (χ4n) is 1.23. The Morgan fingerprint density at radius 1 is 1.50 bits per heavy atom. The Hall–Kier alpha value is -1.62. The molecule has 0 aromatic heterocycles. The van der Waals surface area contributed by atoms with E-state index in [1.165, 1.54) is 19.2 Å². The number of ether oxygens (including phenoxy) is 1. The number of amides is 1. The number of halogens is 2. The molecule has 0 heterocycles. The van der Waals surface area contributed by atoms with Crippen LogP contribution in [0, 0.1) is 12.7 Å². The van der Waals surface area contributed by atoms with Gasteiger partial charge in [0.05, 0.1) is 7.11 Å². The van der Waals surface area contributed by atoms with Gasteiger partial charge in [-0.2, -0.15) is 0 Å². The Morgan fingerprint density at radius 3 is 2.72 bits per heavy atom. The minimum Gasteiger partial charge on any atom is -0.468 e. The smallest absolute Gasteiger partial charge is 0.325 e. The zero-order chi connectivity index (χ0) is 13.7. The number of aryl methyl sites for hydroxylation is 1. The fraction of sp³-hybridized carbons (Fsp3) is 0.333. The molecule has 0 aliphatic heterocycles. The van der Waals surface area contributed by atoms with E-state index in [1.807, 2.05) is 0 Å². The Kier molecular flexibility index (Phi) is 5.09. The van der Waals surface area contributed by atoms with Gasteiger partial charge in [-0.3, -0.25) is 9.59 Å². The van der Waals surface area contributed by atoms with Gasteiger partial charge >= 0.3 is 5.97 Å². The molecular weight excluding hydrogens is 261 g/mol. The second-order valence-electron chi connectivity index (χ2n) is 3.66. The van der Waals surface area contributed by atoms with Crippen molar-refractivity contribution in [3.05, 3.63) is 35.1 Å². The van der Waals surface area contributed by atoms with Gasteiger partial charge in [0, 0.05) is 12.1 Å². The van der Waals surface area contributed by atoms with E-state index in [4.69, 9.17) is 11.6 Å². The molecule has 4 nitrogen and oxygen atoms in total. The number of methoxy groups -OCH3 is 1. The molecule has 0 bridgehead atoms. The van der Waals surface area contributed by atoms with Crippen molar-refractivity contribution in [1.29, 1.82) is 0 Å². The van der Waals surface area contributed by atoms with Crippen LogP contribution in [0.4, 0.5) is 4.39 Å². The first-order valence-electron chi connectivity index (χ1n) is 5.22. The van der Waals surface area contributed by atoms with Gasteiger partial charge < -0.3 is 10.1 Å². The average Bonchev–Trinajstić information content (AvgIpc) is 2.37. The minimum absolute atomic E-state index is 0.0808. The predicted molar refractivity (Wildman–Crippen MR) is 65.1 cm³/mol. The summed E-state index contributed by atoms with van der Waals surface area (Å²) in [5.41, 5.74) is 0.628. The lowest BCUT2D eigenvalue weighted by molar-refractivity contribution is -0.140. The first kappa shape index (κ1) is 14.4. The first-order valence-corrected chi connectivity index (χ1v) is 5.65. The molecule has 0 spiro atoms. The standard InChI is InChI=1S/C12H13ClFNO3/c1-7-3-4-8(5-10(7)14)11(16)15-6-9(13)12(17)18-2/h3-5,9H,6H2,1-2H3,(H,15,16). The summed E-state index contributed by atoms with van der Waals surface area (Å²) in [6.07, 6.45) is 0. The molecule has 0 radical (unpaired) electrons. The van der Waals surface area contributed by atoms with E-state index < -0.39 is 23.1 Å². The van der Waals surface area contributed by atoms with E-state index in [2.05, 4.69) is 10.1 Å². The maximum Gasteiger partial charge on any atom is 0.325 e. The SMILES string of the molecule is COC(=O)C(Cl)CNC(=O)c1ccc(C)c(F)c1. The summed E-state index contributed by atoms with van der Waals surface area (Å²) in [5.74, 6) is -1.59. The van der Waals surface area contributed by atoms with Gasteiger partial charge in [0.2, 0.25) is 0 Å². The lowest BCUT2D eigenvalue weighted by Crippen LogP contribution is -2.34. The second-order valence-corrected chi connectivity index (χ2v) is 4.19. The van der Waals surface area contributed by atoms with E-state index >= 15 is 0 Å². The van der Waals surface area contributed by atoms with E-state index in [1.54, 1.807) is 6.92 Å². The maximum atomic E-state index is 13.2. The summed E-state index contributed by atoms with van der Waals surface area (Å²) in [6, 6.07) is 4.13. The quantitative estimate of drug-likeness (QED) is 0.670. The Balaban J connectivity index is 2.60. The molecule has 6 heteroatoms. The van der Waals surface area contributed by atoms with Crippen molar-refractivity contribution < 1.29 is 18.7 Å². The lowest BCUT2D eigenvalue weighted by Gasteiger charge is -2.09. The van der Waals surface area contributed by atoms with Crippen molar-refractivity contribution in [1.82, 2.24) is 5.32 Å². The molecule has 1 aromatic carbocycles. The van der Waals surface area contributed by atoms with Crippen molar-refractivity contribution in [2.45, 2.75) is 12.3 Å². The highest BCUT2D eigenvalue weighted by atomic mass is 35.5. The summed E-state index contributed by atoms with van der Waals surface area (Å²) >= 11 is 5.66. The molecule has 1 amide bonds. The van der Waals surface area contributed by atoms with Crippen LogP contribution in [-0.4, -0.2) is 30.9 Å². The van der Waals surface area contributed by atoms with Gasteiger partial charge in [-0.25, -0.2) is 4.39 Å². The molecule has 0 fully saturated rings. The molecule has 1 unspecified atom stereocenters. The van der Waals surface area contributed by atoms with Crippen molar-refractivity contribution in [3.63, 3.8) is 0 Å². The number of alkyl halides is 1. The predicted octanol–water partition coefficient (Wildman–Crippen LogP) is 1.64. The summed E-state index contributed by atoms with van der Waals surface area (Å²) < 4.78 is 17.6. The molecule has 1 N–H and O–H groups in total. The highest BCUT2D eigenvalue weighted by Gasteiger charge is 2.17. The first-order chi connectivity index (χ1) is 8.45. The number of benzene rings is 1. The van der Waals surface area contributed by atoms with E-state index in [9.17, 15) is 14.0 Å². The van der Waals surface area contributed by atoms with Crippen LogP contribution >= 0.6 is 11.6 Å². The summed E-state index contributed by atoms with van der Waals surface area (Å²) in [6.45, 7) is 1.52. The van der Waals surface area contributed by atoms with Gasteiger partial charge in [-0.15, -0.1) is 11.6 Å². The van der Waals surface area contributed by atoms with Crippen LogP contribution in [0.15, 0.2) is 18.2 Å². The van der Waals surface area contributed by atoms with Gasteiger partial charge in [0.25, 0.3) is 5.91 Å². The molecule has 1 rings (SSSR count). The maximum absolute atomic E-state index is 13.2. The van der Waals surface area contributed by atoms with Crippen molar-refractivity contribution in [3.8, 4) is 0 Å². The molecule has 1 atom stereocenters. The number of hydrogen-bond acceptors (Lipinski definition) is 3. The summed E-state index contributed by atoms with van der Waals surface area (Å²) in [7, 11) is 1.20. The molecule has 98 valence electrons. The molecule has 0 aliphatic rings.